The van der Waals surface area contributed by atoms with Gasteiger partial charge in [0.1, 0.15) is 11.4 Å². The quantitative estimate of drug-likeness (QED) is 0.727. The van der Waals surface area contributed by atoms with E-state index in [1.54, 1.807) is 25.1 Å². The molecule has 0 spiro atoms. The van der Waals surface area contributed by atoms with Crippen LogP contribution in [0.5, 0.6) is 0 Å². The molecule has 9 nitrogen and oxygen atoms in total. The molecule has 2 aromatic rings. The average Bonchev–Trinajstić information content (AvgIpc) is 2.89. The molecule has 0 fully saturated rings. The van der Waals surface area contributed by atoms with Crippen LogP contribution >= 0.6 is 0 Å². The predicted molar refractivity (Wildman–Crippen MR) is 74.9 cm³/mol. The molecule has 0 aliphatic rings. The smallest absolute Gasteiger partial charge is 0.340 e. The van der Waals surface area contributed by atoms with E-state index in [1.807, 2.05) is 0 Å². The van der Waals surface area contributed by atoms with Crippen molar-refractivity contribution >= 4 is 27.5 Å². The lowest BCUT2D eigenvalue weighted by Gasteiger charge is -2.12. The maximum Gasteiger partial charge on any atom is 0.340 e. The monoisotopic (exact) mass is 311 g/mol. The summed E-state index contributed by atoms with van der Waals surface area (Å²) in [4.78, 5) is 16.7. The second-order valence-corrected chi connectivity index (χ2v) is 5.94. The molecular formula is C11H13N5O4S. The Morgan fingerprint density at radius 3 is 2.57 bits per heavy atom. The molecule has 0 radical (unpaired) electrons. The third-order valence-corrected chi connectivity index (χ3v) is 3.91. The molecule has 112 valence electrons. The number of aromatic amines is 1. The van der Waals surface area contributed by atoms with Gasteiger partial charge in [-0.3, -0.25) is 9.82 Å². The molecule has 0 atom stereocenters. The van der Waals surface area contributed by atoms with Crippen LogP contribution in [0.2, 0.25) is 0 Å². The van der Waals surface area contributed by atoms with Gasteiger partial charge < -0.3 is 10.0 Å². The molecule has 0 unspecified atom stereocenters. The van der Waals surface area contributed by atoms with Gasteiger partial charge in [-0.25, -0.2) is 9.78 Å². The summed E-state index contributed by atoms with van der Waals surface area (Å²) in [5, 5.41) is 14.0. The minimum atomic E-state index is -4.08. The van der Waals surface area contributed by atoms with Crippen LogP contribution in [0.1, 0.15) is 10.4 Å². The van der Waals surface area contributed by atoms with E-state index in [1.165, 1.54) is 12.3 Å². The van der Waals surface area contributed by atoms with Crippen molar-refractivity contribution < 1.29 is 18.3 Å². The van der Waals surface area contributed by atoms with Crippen molar-refractivity contribution in [2.45, 2.75) is 5.03 Å². The van der Waals surface area contributed by atoms with Gasteiger partial charge in [0.15, 0.2) is 5.03 Å². The number of rotatable bonds is 5. The lowest BCUT2D eigenvalue weighted by atomic mass is 10.4. The van der Waals surface area contributed by atoms with E-state index in [4.69, 9.17) is 5.11 Å². The van der Waals surface area contributed by atoms with Crippen molar-refractivity contribution in [2.75, 3.05) is 23.7 Å². The zero-order valence-electron chi connectivity index (χ0n) is 11.2. The van der Waals surface area contributed by atoms with Gasteiger partial charge >= 0.3 is 5.97 Å². The molecule has 0 saturated carbocycles. The molecule has 10 heteroatoms. The highest BCUT2D eigenvalue weighted by atomic mass is 32.2. The number of hydrogen-bond acceptors (Lipinski definition) is 6. The van der Waals surface area contributed by atoms with Crippen LogP contribution in [0.3, 0.4) is 0 Å². The first-order valence-corrected chi connectivity index (χ1v) is 7.22. The SMILES string of the molecule is CN(C)c1ccc(NS(=O)(=O)c2[nH]ncc2C(=O)O)cn1. The van der Waals surface area contributed by atoms with E-state index < -0.39 is 26.6 Å². The molecule has 2 rings (SSSR count). The number of aromatic carboxylic acids is 1. The van der Waals surface area contributed by atoms with E-state index in [9.17, 15) is 13.2 Å². The van der Waals surface area contributed by atoms with Crippen LogP contribution < -0.4 is 9.62 Å². The normalized spacial score (nSPS) is 11.1. The van der Waals surface area contributed by atoms with Gasteiger partial charge in [-0.15, -0.1) is 0 Å². The summed E-state index contributed by atoms with van der Waals surface area (Å²) >= 11 is 0. The zero-order valence-corrected chi connectivity index (χ0v) is 12.0. The summed E-state index contributed by atoms with van der Waals surface area (Å²) in [7, 11) is -0.478. The Labute approximate surface area is 120 Å². The molecule has 3 N–H and O–H groups in total. The van der Waals surface area contributed by atoms with Crippen molar-refractivity contribution in [3.63, 3.8) is 0 Å². The van der Waals surface area contributed by atoms with E-state index in [-0.39, 0.29) is 5.69 Å². The number of hydrogen-bond donors (Lipinski definition) is 3. The minimum absolute atomic E-state index is 0.214. The summed E-state index contributed by atoms with van der Waals surface area (Å²) in [6, 6.07) is 3.15. The number of anilines is 2. The Bertz CT molecular complexity index is 751. The van der Waals surface area contributed by atoms with Crippen molar-refractivity contribution in [3.05, 3.63) is 30.1 Å². The molecule has 0 aliphatic carbocycles. The Hall–Kier alpha value is -2.62. The highest BCUT2D eigenvalue weighted by molar-refractivity contribution is 7.92. The Morgan fingerprint density at radius 2 is 2.05 bits per heavy atom. The number of sulfonamides is 1. The number of carbonyl (C=O) groups is 1. The summed E-state index contributed by atoms with van der Waals surface area (Å²) in [6.45, 7) is 0. The highest BCUT2D eigenvalue weighted by Crippen LogP contribution is 2.18. The highest BCUT2D eigenvalue weighted by Gasteiger charge is 2.24. The number of nitrogens with one attached hydrogen (secondary N) is 2. The van der Waals surface area contributed by atoms with Crippen LogP contribution in [0, 0.1) is 0 Å². The summed E-state index contributed by atoms with van der Waals surface area (Å²) < 4.78 is 26.5. The van der Waals surface area contributed by atoms with Gasteiger partial charge in [0.05, 0.1) is 18.1 Å². The molecule has 21 heavy (non-hydrogen) atoms. The number of aromatic nitrogens is 3. The molecule has 0 amide bonds. The first kappa shape index (κ1) is 14.8. The van der Waals surface area contributed by atoms with Crippen LogP contribution in [-0.4, -0.2) is 48.8 Å². The third-order valence-electron chi connectivity index (χ3n) is 2.56. The van der Waals surface area contributed by atoms with Crippen molar-refractivity contribution in [1.82, 2.24) is 15.2 Å². The van der Waals surface area contributed by atoms with Crippen LogP contribution in [0.15, 0.2) is 29.6 Å². The van der Waals surface area contributed by atoms with Crippen molar-refractivity contribution in [3.8, 4) is 0 Å². The van der Waals surface area contributed by atoms with Gasteiger partial charge in [0.2, 0.25) is 0 Å². The number of carboxylic acids is 1. The second-order valence-electron chi connectivity index (χ2n) is 4.32. The maximum absolute atomic E-state index is 12.1. The topological polar surface area (TPSA) is 128 Å². The van der Waals surface area contributed by atoms with E-state index in [0.717, 1.165) is 6.20 Å². The lowest BCUT2D eigenvalue weighted by Crippen LogP contribution is -2.17. The van der Waals surface area contributed by atoms with Crippen molar-refractivity contribution in [2.24, 2.45) is 0 Å². The van der Waals surface area contributed by atoms with Crippen molar-refractivity contribution in [1.29, 1.82) is 0 Å². The van der Waals surface area contributed by atoms with Crippen LogP contribution in [0.25, 0.3) is 0 Å². The van der Waals surface area contributed by atoms with Crippen LogP contribution in [-0.2, 0) is 10.0 Å². The fraction of sp³-hybridized carbons (Fsp3) is 0.182. The van der Waals surface area contributed by atoms with E-state index in [2.05, 4.69) is 19.9 Å². The Morgan fingerprint density at radius 1 is 1.33 bits per heavy atom. The lowest BCUT2D eigenvalue weighted by molar-refractivity contribution is 0.0692. The van der Waals surface area contributed by atoms with Gasteiger partial charge in [0.25, 0.3) is 10.0 Å². The average molecular weight is 311 g/mol. The van der Waals surface area contributed by atoms with Gasteiger partial charge in [0, 0.05) is 14.1 Å². The maximum atomic E-state index is 12.1. The Kier molecular flexibility index (Phi) is 3.80. The predicted octanol–water partition coefficient (Wildman–Crippen LogP) is 0.370. The minimum Gasteiger partial charge on any atom is -0.478 e. The summed E-state index contributed by atoms with van der Waals surface area (Å²) in [6.07, 6.45) is 2.27. The van der Waals surface area contributed by atoms with E-state index in [0.29, 0.717) is 5.82 Å². The first-order chi connectivity index (χ1) is 9.81. The molecule has 0 bridgehead atoms. The third kappa shape index (κ3) is 3.11. The standard InChI is InChI=1S/C11H13N5O4S/c1-16(2)9-4-3-7(5-12-9)15-21(19,20)10-8(11(17)18)6-13-14-10/h3-6,15H,1-2H3,(H,13,14)(H,17,18). The number of carboxylic acid groups (broad SMARTS) is 1. The molecule has 0 aliphatic heterocycles. The molecular weight excluding hydrogens is 298 g/mol. The fourth-order valence-electron chi connectivity index (χ4n) is 1.55. The molecule has 0 aromatic carbocycles. The molecule has 0 saturated heterocycles. The second kappa shape index (κ2) is 5.40. The zero-order chi connectivity index (χ0) is 15.6. The number of pyridine rings is 1. The molecule has 2 aromatic heterocycles. The summed E-state index contributed by atoms with van der Waals surface area (Å²) in [5.41, 5.74) is -0.216. The number of nitrogens with zero attached hydrogens (tertiary/aromatic N) is 3. The van der Waals surface area contributed by atoms with Gasteiger partial charge in [-0.2, -0.15) is 13.5 Å². The molecule has 2 heterocycles. The van der Waals surface area contributed by atoms with Gasteiger partial charge in [-0.1, -0.05) is 0 Å². The van der Waals surface area contributed by atoms with Gasteiger partial charge in [-0.05, 0) is 12.1 Å². The largest absolute Gasteiger partial charge is 0.478 e. The first-order valence-electron chi connectivity index (χ1n) is 5.74. The number of H-pyrrole nitrogens is 1. The van der Waals surface area contributed by atoms with E-state index >= 15 is 0 Å². The fourth-order valence-corrected chi connectivity index (χ4v) is 2.68. The summed E-state index contributed by atoms with van der Waals surface area (Å²) in [5.74, 6) is -0.726. The van der Waals surface area contributed by atoms with Crippen LogP contribution in [0.4, 0.5) is 11.5 Å². The Balaban J connectivity index is 2.29.